The molecule has 0 radical (unpaired) electrons. The number of hydrogen-bond acceptors (Lipinski definition) is 6. The molecule has 0 aliphatic heterocycles. The van der Waals surface area contributed by atoms with Gasteiger partial charge in [0.15, 0.2) is 5.60 Å². The molecule has 6 heteroatoms. The summed E-state index contributed by atoms with van der Waals surface area (Å²) in [5.74, 6) is -1.70. The lowest BCUT2D eigenvalue weighted by atomic mass is 10.0. The molecule has 142 valence electrons. The maximum Gasteiger partial charge on any atom is 0.338 e. The van der Waals surface area contributed by atoms with Crippen LogP contribution in [0.2, 0.25) is 0 Å². The summed E-state index contributed by atoms with van der Waals surface area (Å²) in [5.41, 5.74) is -0.647. The second kappa shape index (κ2) is 8.98. The first kappa shape index (κ1) is 20.2. The molecule has 0 saturated heterocycles. The summed E-state index contributed by atoms with van der Waals surface area (Å²) in [5, 5.41) is 0. The Bertz CT molecular complexity index is 787. The first-order valence-electron chi connectivity index (χ1n) is 8.49. The molecule has 0 saturated carbocycles. The number of ether oxygens (including phenoxy) is 3. The van der Waals surface area contributed by atoms with Crippen molar-refractivity contribution >= 4 is 17.9 Å². The van der Waals surface area contributed by atoms with Crippen LogP contribution >= 0.6 is 0 Å². The summed E-state index contributed by atoms with van der Waals surface area (Å²) in [6.07, 6.45) is -0.828. The third kappa shape index (κ3) is 5.67. The quantitative estimate of drug-likeness (QED) is 0.549. The van der Waals surface area contributed by atoms with Gasteiger partial charge in [-0.05, 0) is 38.1 Å². The summed E-state index contributed by atoms with van der Waals surface area (Å²) < 4.78 is 16.1. The van der Waals surface area contributed by atoms with Gasteiger partial charge in [0.1, 0.15) is 12.7 Å². The highest BCUT2D eigenvalue weighted by molar-refractivity contribution is 5.90. The minimum Gasteiger partial charge on any atom is -0.458 e. The molecule has 0 aliphatic rings. The van der Waals surface area contributed by atoms with Gasteiger partial charge >= 0.3 is 17.9 Å². The van der Waals surface area contributed by atoms with Crippen molar-refractivity contribution < 1.29 is 28.6 Å². The van der Waals surface area contributed by atoms with E-state index in [-0.39, 0.29) is 6.61 Å². The van der Waals surface area contributed by atoms with E-state index in [2.05, 4.69) is 0 Å². The first-order valence-corrected chi connectivity index (χ1v) is 8.49. The highest BCUT2D eigenvalue weighted by Gasteiger charge is 2.39. The van der Waals surface area contributed by atoms with Crippen molar-refractivity contribution in [2.75, 3.05) is 6.61 Å². The zero-order valence-corrected chi connectivity index (χ0v) is 15.5. The van der Waals surface area contributed by atoms with E-state index in [1.807, 2.05) is 0 Å². The van der Waals surface area contributed by atoms with Crippen LogP contribution in [0.5, 0.6) is 0 Å². The standard InChI is InChI=1S/C21H22O6/c1-15(26-16(2)22)21(3,27-20(24)18-12-8-5-9-13-18)14-25-19(23)17-10-6-4-7-11-17/h4-13,15H,14H2,1-3H3. The van der Waals surface area contributed by atoms with Gasteiger partial charge in [0.2, 0.25) is 0 Å². The van der Waals surface area contributed by atoms with E-state index < -0.39 is 29.6 Å². The van der Waals surface area contributed by atoms with Crippen LogP contribution in [-0.4, -0.2) is 36.2 Å². The van der Waals surface area contributed by atoms with Crippen LogP contribution in [0.4, 0.5) is 0 Å². The minimum atomic E-state index is -1.36. The van der Waals surface area contributed by atoms with Gasteiger partial charge in [-0.15, -0.1) is 0 Å². The van der Waals surface area contributed by atoms with E-state index in [4.69, 9.17) is 14.2 Å². The molecule has 0 spiro atoms. The van der Waals surface area contributed by atoms with Crippen molar-refractivity contribution in [3.05, 3.63) is 71.8 Å². The molecule has 0 bridgehead atoms. The first-order chi connectivity index (χ1) is 12.8. The summed E-state index contributed by atoms with van der Waals surface area (Å²) in [7, 11) is 0. The van der Waals surface area contributed by atoms with E-state index in [0.29, 0.717) is 11.1 Å². The van der Waals surface area contributed by atoms with Gasteiger partial charge in [-0.25, -0.2) is 9.59 Å². The van der Waals surface area contributed by atoms with E-state index in [1.54, 1.807) is 74.5 Å². The Labute approximate surface area is 158 Å². The Morgan fingerprint density at radius 2 is 1.37 bits per heavy atom. The van der Waals surface area contributed by atoms with Crippen LogP contribution in [0.25, 0.3) is 0 Å². The third-order valence-electron chi connectivity index (χ3n) is 4.04. The predicted octanol–water partition coefficient (Wildman–Crippen LogP) is 3.41. The lowest BCUT2D eigenvalue weighted by Crippen LogP contribution is -2.48. The van der Waals surface area contributed by atoms with Crippen molar-refractivity contribution in [1.82, 2.24) is 0 Å². The van der Waals surface area contributed by atoms with Gasteiger partial charge in [-0.1, -0.05) is 36.4 Å². The number of hydrogen-bond donors (Lipinski definition) is 0. The molecule has 27 heavy (non-hydrogen) atoms. The van der Waals surface area contributed by atoms with Crippen LogP contribution in [-0.2, 0) is 19.0 Å². The van der Waals surface area contributed by atoms with E-state index in [0.717, 1.165) is 0 Å². The lowest BCUT2D eigenvalue weighted by Gasteiger charge is -2.33. The zero-order valence-electron chi connectivity index (χ0n) is 15.5. The number of benzene rings is 2. The van der Waals surface area contributed by atoms with Gasteiger partial charge < -0.3 is 14.2 Å². The average Bonchev–Trinajstić information content (AvgIpc) is 2.67. The van der Waals surface area contributed by atoms with Crippen LogP contribution < -0.4 is 0 Å². The minimum absolute atomic E-state index is 0.270. The summed E-state index contributed by atoms with van der Waals surface area (Å²) in [4.78, 5) is 36.0. The lowest BCUT2D eigenvalue weighted by molar-refractivity contribution is -0.164. The summed E-state index contributed by atoms with van der Waals surface area (Å²) >= 11 is 0. The molecular weight excluding hydrogens is 348 g/mol. The highest BCUT2D eigenvalue weighted by Crippen LogP contribution is 2.22. The van der Waals surface area contributed by atoms with Gasteiger partial charge in [-0.2, -0.15) is 0 Å². The van der Waals surface area contributed by atoms with E-state index in [9.17, 15) is 14.4 Å². The molecule has 2 atom stereocenters. The van der Waals surface area contributed by atoms with Crippen LogP contribution in [0.15, 0.2) is 60.7 Å². The molecule has 2 aromatic rings. The second-order valence-electron chi connectivity index (χ2n) is 6.26. The fourth-order valence-electron chi connectivity index (χ4n) is 2.31. The highest BCUT2D eigenvalue weighted by atomic mass is 16.6. The smallest absolute Gasteiger partial charge is 0.338 e. The molecule has 2 rings (SSSR count). The van der Waals surface area contributed by atoms with Crippen molar-refractivity contribution in [3.63, 3.8) is 0 Å². The van der Waals surface area contributed by atoms with Crippen molar-refractivity contribution in [1.29, 1.82) is 0 Å². The topological polar surface area (TPSA) is 78.9 Å². The molecule has 0 amide bonds. The Balaban J connectivity index is 2.15. The number of carbonyl (C=O) groups is 3. The maximum atomic E-state index is 12.5. The number of carbonyl (C=O) groups excluding carboxylic acids is 3. The van der Waals surface area contributed by atoms with Crippen LogP contribution in [0, 0.1) is 0 Å². The van der Waals surface area contributed by atoms with Crippen molar-refractivity contribution in [2.45, 2.75) is 32.5 Å². The van der Waals surface area contributed by atoms with Crippen molar-refractivity contribution in [2.24, 2.45) is 0 Å². The summed E-state index contributed by atoms with van der Waals surface area (Å²) in [6.45, 7) is 4.12. The molecule has 2 aromatic carbocycles. The molecule has 0 heterocycles. The largest absolute Gasteiger partial charge is 0.458 e. The van der Waals surface area contributed by atoms with Gasteiger partial charge in [0, 0.05) is 6.92 Å². The molecule has 0 fully saturated rings. The van der Waals surface area contributed by atoms with Gasteiger partial charge in [0.05, 0.1) is 11.1 Å². The normalized spacial score (nSPS) is 13.7. The Kier molecular flexibility index (Phi) is 6.71. The Morgan fingerprint density at radius 3 is 1.85 bits per heavy atom. The molecule has 6 nitrogen and oxygen atoms in total. The molecule has 0 aromatic heterocycles. The molecular formula is C21H22O6. The Hall–Kier alpha value is -3.15. The monoisotopic (exact) mass is 370 g/mol. The maximum absolute atomic E-state index is 12.5. The van der Waals surface area contributed by atoms with Gasteiger partial charge in [-0.3, -0.25) is 4.79 Å². The number of esters is 3. The molecule has 0 N–H and O–H groups in total. The zero-order chi connectivity index (χ0) is 19.9. The predicted molar refractivity (Wildman–Crippen MR) is 98.2 cm³/mol. The molecule has 0 aliphatic carbocycles. The molecule has 2 unspecified atom stereocenters. The Morgan fingerprint density at radius 1 is 0.889 bits per heavy atom. The number of rotatable bonds is 7. The van der Waals surface area contributed by atoms with Crippen molar-refractivity contribution in [3.8, 4) is 0 Å². The van der Waals surface area contributed by atoms with E-state index >= 15 is 0 Å². The average molecular weight is 370 g/mol. The third-order valence-corrected chi connectivity index (χ3v) is 4.04. The van der Waals surface area contributed by atoms with E-state index in [1.165, 1.54) is 6.92 Å². The summed E-state index contributed by atoms with van der Waals surface area (Å²) in [6, 6.07) is 16.8. The van der Waals surface area contributed by atoms with Crippen LogP contribution in [0.3, 0.4) is 0 Å². The van der Waals surface area contributed by atoms with Crippen LogP contribution in [0.1, 0.15) is 41.5 Å². The fraction of sp³-hybridized carbons (Fsp3) is 0.286. The SMILES string of the molecule is CC(=O)OC(C)C(C)(COC(=O)c1ccccc1)OC(=O)c1ccccc1. The van der Waals surface area contributed by atoms with Gasteiger partial charge in [0.25, 0.3) is 0 Å². The fourth-order valence-corrected chi connectivity index (χ4v) is 2.31. The second-order valence-corrected chi connectivity index (χ2v) is 6.26.